The average molecular weight is 470 g/mol. The maximum atomic E-state index is 11.1. The number of aryl methyl sites for hydroxylation is 2. The molecule has 2 N–H and O–H groups in total. The van der Waals surface area contributed by atoms with E-state index in [0.29, 0.717) is 13.0 Å². The molecule has 0 unspecified atom stereocenters. The molecule has 7 heteroatoms. The molecule has 0 spiro atoms. The van der Waals surface area contributed by atoms with Crippen LogP contribution in [-0.4, -0.2) is 25.9 Å². The summed E-state index contributed by atoms with van der Waals surface area (Å²) in [4.78, 5) is 11.1. The van der Waals surface area contributed by atoms with Crippen LogP contribution in [0.5, 0.6) is 0 Å². The molecule has 180 valence electrons. The molecule has 0 fully saturated rings. The lowest BCUT2D eigenvalue weighted by Gasteiger charge is -2.36. The van der Waals surface area contributed by atoms with Crippen molar-refractivity contribution >= 4 is 31.3 Å². The minimum atomic E-state index is -1.85. The Morgan fingerprint density at radius 1 is 1.12 bits per heavy atom. The molecule has 0 saturated heterocycles. The Morgan fingerprint density at radius 2 is 1.82 bits per heavy atom. The summed E-state index contributed by atoms with van der Waals surface area (Å²) < 4.78 is 6.52. The van der Waals surface area contributed by atoms with Crippen molar-refractivity contribution in [1.82, 2.24) is 5.53 Å². The van der Waals surface area contributed by atoms with Crippen LogP contribution in [0.3, 0.4) is 0 Å². The lowest BCUT2D eigenvalue weighted by Crippen LogP contribution is -2.42. The molecular formula is C26H39N3O3Si. The van der Waals surface area contributed by atoms with Gasteiger partial charge in [0, 0.05) is 13.0 Å². The second-order valence-corrected chi connectivity index (χ2v) is 15.3. The van der Waals surface area contributed by atoms with Crippen molar-refractivity contribution in [3.05, 3.63) is 52.6 Å². The van der Waals surface area contributed by atoms with Crippen LogP contribution in [0.1, 0.15) is 56.4 Å². The summed E-state index contributed by atoms with van der Waals surface area (Å²) in [5.74, 6) is -0.773. The molecule has 1 aliphatic rings. The first-order valence-electron chi connectivity index (χ1n) is 11.8. The van der Waals surface area contributed by atoms with Gasteiger partial charge in [-0.2, -0.15) is 0 Å². The van der Waals surface area contributed by atoms with Gasteiger partial charge in [0.2, 0.25) is 0 Å². The maximum absolute atomic E-state index is 11.1. The highest BCUT2D eigenvalue weighted by molar-refractivity contribution is 6.74. The van der Waals surface area contributed by atoms with E-state index in [2.05, 4.69) is 101 Å². The normalized spacial score (nSPS) is 14.1. The molecule has 33 heavy (non-hydrogen) atoms. The Morgan fingerprint density at radius 3 is 2.42 bits per heavy atom. The van der Waals surface area contributed by atoms with Gasteiger partial charge in [-0.1, -0.05) is 32.9 Å². The van der Waals surface area contributed by atoms with Crippen LogP contribution < -0.4 is 15.6 Å². The van der Waals surface area contributed by atoms with Gasteiger partial charge in [0.25, 0.3) is 0 Å². The van der Waals surface area contributed by atoms with Gasteiger partial charge in [-0.15, -0.1) is 5.53 Å². The largest absolute Gasteiger partial charge is 0.481 e. The van der Waals surface area contributed by atoms with Crippen molar-refractivity contribution in [2.75, 3.05) is 16.6 Å². The SMILES string of the molecule is CCN1NN(c2ccc(C)c(CO[Si](C)(C)C(C)(C)C)c2)c2c1ccc(CCC(=O)O)c2C. The molecule has 1 heterocycles. The number of nitrogens with zero attached hydrogens (tertiary/aromatic N) is 2. The molecule has 0 atom stereocenters. The Balaban J connectivity index is 1.95. The van der Waals surface area contributed by atoms with E-state index < -0.39 is 14.3 Å². The third-order valence-corrected chi connectivity index (χ3v) is 11.6. The van der Waals surface area contributed by atoms with Crippen LogP contribution in [-0.2, 0) is 22.2 Å². The van der Waals surface area contributed by atoms with Crippen LogP contribution in [0.4, 0.5) is 17.1 Å². The van der Waals surface area contributed by atoms with E-state index >= 15 is 0 Å². The van der Waals surface area contributed by atoms with Gasteiger partial charge in [-0.25, -0.2) is 0 Å². The lowest BCUT2D eigenvalue weighted by atomic mass is 10.00. The predicted molar refractivity (Wildman–Crippen MR) is 139 cm³/mol. The third kappa shape index (κ3) is 5.26. The van der Waals surface area contributed by atoms with Crippen molar-refractivity contribution < 1.29 is 14.3 Å². The minimum Gasteiger partial charge on any atom is -0.481 e. The van der Waals surface area contributed by atoms with Crippen LogP contribution in [0, 0.1) is 13.8 Å². The fourth-order valence-electron chi connectivity index (χ4n) is 3.82. The number of fused-ring (bicyclic) bond motifs is 1. The minimum absolute atomic E-state index is 0.129. The van der Waals surface area contributed by atoms with Gasteiger partial charge in [0.05, 0.1) is 23.7 Å². The zero-order valence-corrected chi connectivity index (χ0v) is 22.4. The van der Waals surface area contributed by atoms with Gasteiger partial charge < -0.3 is 9.53 Å². The summed E-state index contributed by atoms with van der Waals surface area (Å²) >= 11 is 0. The molecule has 0 amide bonds. The van der Waals surface area contributed by atoms with Gasteiger partial charge >= 0.3 is 5.97 Å². The molecule has 3 rings (SSSR count). The topological polar surface area (TPSA) is 65.0 Å². The van der Waals surface area contributed by atoms with Crippen LogP contribution in [0.15, 0.2) is 30.3 Å². The van der Waals surface area contributed by atoms with E-state index in [1.807, 2.05) is 0 Å². The number of carboxylic acid groups (broad SMARTS) is 1. The first-order valence-corrected chi connectivity index (χ1v) is 14.7. The molecule has 0 aromatic heterocycles. The van der Waals surface area contributed by atoms with E-state index in [1.54, 1.807) is 0 Å². The Bertz CT molecular complexity index is 1030. The highest BCUT2D eigenvalue weighted by atomic mass is 28.4. The van der Waals surface area contributed by atoms with E-state index in [0.717, 1.165) is 34.7 Å². The number of carbonyl (C=O) groups is 1. The highest BCUT2D eigenvalue weighted by Crippen LogP contribution is 2.42. The van der Waals surface area contributed by atoms with Crippen LogP contribution in [0.25, 0.3) is 0 Å². The molecular weight excluding hydrogens is 430 g/mol. The monoisotopic (exact) mass is 469 g/mol. The second kappa shape index (κ2) is 9.48. The third-order valence-electron chi connectivity index (χ3n) is 7.17. The molecule has 0 aliphatic carbocycles. The number of hydrazine groups is 2. The maximum Gasteiger partial charge on any atom is 0.303 e. The summed E-state index contributed by atoms with van der Waals surface area (Å²) in [6.45, 7) is 19.1. The molecule has 2 aromatic rings. The van der Waals surface area contributed by atoms with Crippen LogP contribution >= 0.6 is 0 Å². The molecule has 1 aliphatic heterocycles. The van der Waals surface area contributed by atoms with Crippen molar-refractivity contribution in [2.45, 2.75) is 79.1 Å². The van der Waals surface area contributed by atoms with E-state index in [-0.39, 0.29) is 11.5 Å². The zero-order valence-electron chi connectivity index (χ0n) is 21.4. The number of nitrogens with one attached hydrogen (secondary N) is 1. The Labute approximate surface area is 199 Å². The van der Waals surface area contributed by atoms with Gasteiger partial charge in [0.15, 0.2) is 8.32 Å². The molecule has 2 aromatic carbocycles. The first kappa shape index (κ1) is 25.3. The highest BCUT2D eigenvalue weighted by Gasteiger charge is 2.37. The second-order valence-electron chi connectivity index (χ2n) is 10.5. The fourth-order valence-corrected chi connectivity index (χ4v) is 4.77. The summed E-state index contributed by atoms with van der Waals surface area (Å²) in [6, 6.07) is 10.6. The average Bonchev–Trinajstić information content (AvgIpc) is 3.11. The number of carboxylic acids is 1. The number of hydrogen-bond donors (Lipinski definition) is 2. The van der Waals surface area contributed by atoms with Gasteiger partial charge in [-0.3, -0.25) is 14.8 Å². The summed E-state index contributed by atoms with van der Waals surface area (Å²) in [7, 11) is -1.85. The smallest absolute Gasteiger partial charge is 0.303 e. The van der Waals surface area contributed by atoms with Crippen molar-refractivity contribution in [1.29, 1.82) is 0 Å². The number of rotatable bonds is 8. The van der Waals surface area contributed by atoms with Gasteiger partial charge in [0.1, 0.15) is 0 Å². The van der Waals surface area contributed by atoms with E-state index in [9.17, 15) is 4.79 Å². The molecule has 0 radical (unpaired) electrons. The summed E-state index contributed by atoms with van der Waals surface area (Å²) in [6.07, 6.45) is 0.651. The Hall–Kier alpha value is -2.35. The quantitative estimate of drug-likeness (QED) is 0.446. The van der Waals surface area contributed by atoms with Crippen LogP contribution in [0.2, 0.25) is 18.1 Å². The number of hydrogen-bond acceptors (Lipinski definition) is 5. The van der Waals surface area contributed by atoms with Crippen molar-refractivity contribution in [3.8, 4) is 0 Å². The molecule has 0 saturated carbocycles. The van der Waals surface area contributed by atoms with E-state index in [1.165, 1.54) is 11.1 Å². The predicted octanol–water partition coefficient (Wildman–Crippen LogP) is 6.24. The Kier molecular flexibility index (Phi) is 7.26. The summed E-state index contributed by atoms with van der Waals surface area (Å²) in [5, 5.41) is 13.5. The van der Waals surface area contributed by atoms with Gasteiger partial charge in [-0.05, 0) is 85.8 Å². The zero-order chi connectivity index (χ0) is 24.6. The number of anilines is 3. The lowest BCUT2D eigenvalue weighted by molar-refractivity contribution is -0.136. The summed E-state index contributed by atoms with van der Waals surface area (Å²) in [5.41, 5.74) is 11.3. The van der Waals surface area contributed by atoms with Crippen molar-refractivity contribution in [2.24, 2.45) is 0 Å². The standard InChI is InChI=1S/C26H39N3O3Si/c1-9-28-23-14-11-20(12-15-24(30)31)19(3)25(23)29(27-28)22-13-10-18(2)21(16-22)17-32-33(7,8)26(4,5)6/h10-11,13-14,16,27H,9,12,15,17H2,1-8H3,(H,30,31). The number of aliphatic carboxylic acids is 1. The first-order chi connectivity index (χ1) is 15.4. The number of benzene rings is 2. The van der Waals surface area contributed by atoms with E-state index in [4.69, 9.17) is 9.53 Å². The fraction of sp³-hybridized carbons (Fsp3) is 0.500. The van der Waals surface area contributed by atoms with Crippen molar-refractivity contribution in [3.63, 3.8) is 0 Å². The molecule has 6 nitrogen and oxygen atoms in total. The molecule has 0 bridgehead atoms.